The van der Waals surface area contributed by atoms with Crippen molar-refractivity contribution in [3.05, 3.63) is 59.2 Å². The van der Waals surface area contributed by atoms with Gasteiger partial charge in [0.1, 0.15) is 11.5 Å². The van der Waals surface area contributed by atoms with Crippen LogP contribution in [0.1, 0.15) is 40.4 Å². The molecular weight excluding hydrogens is 302 g/mol. The molecule has 0 N–H and O–H groups in total. The average molecular weight is 325 g/mol. The molecule has 2 aromatic carbocycles. The Labute approximate surface area is 143 Å². The van der Waals surface area contributed by atoms with Crippen molar-refractivity contribution in [2.24, 2.45) is 0 Å². The third-order valence-electron chi connectivity index (χ3n) is 4.61. The van der Waals surface area contributed by atoms with Gasteiger partial charge in [-0.25, -0.2) is 0 Å². The van der Waals surface area contributed by atoms with E-state index in [4.69, 9.17) is 9.47 Å². The van der Waals surface area contributed by atoms with Gasteiger partial charge in [-0.2, -0.15) is 0 Å². The molecular formula is C20H23NO3. The molecule has 0 aromatic heterocycles. The predicted molar refractivity (Wildman–Crippen MR) is 93.7 cm³/mol. The summed E-state index contributed by atoms with van der Waals surface area (Å²) in [7, 11) is 3.29. The van der Waals surface area contributed by atoms with Crippen molar-refractivity contribution in [1.29, 1.82) is 0 Å². The van der Waals surface area contributed by atoms with E-state index >= 15 is 0 Å². The van der Waals surface area contributed by atoms with E-state index in [2.05, 4.69) is 0 Å². The first kappa shape index (κ1) is 16.4. The van der Waals surface area contributed by atoms with Gasteiger partial charge in [-0.15, -0.1) is 0 Å². The molecule has 4 heteroatoms. The van der Waals surface area contributed by atoms with E-state index in [1.807, 2.05) is 54.3 Å². The number of methoxy groups -OCH3 is 2. The molecule has 4 nitrogen and oxygen atoms in total. The summed E-state index contributed by atoms with van der Waals surface area (Å²) in [6.07, 6.45) is 1.94. The summed E-state index contributed by atoms with van der Waals surface area (Å²) in [4.78, 5) is 14.9. The Morgan fingerprint density at radius 3 is 2.50 bits per heavy atom. The molecule has 1 aliphatic heterocycles. The van der Waals surface area contributed by atoms with E-state index in [0.717, 1.165) is 47.6 Å². The molecule has 0 spiro atoms. The first-order valence-electron chi connectivity index (χ1n) is 8.23. The van der Waals surface area contributed by atoms with Gasteiger partial charge in [0.25, 0.3) is 5.91 Å². The van der Waals surface area contributed by atoms with Crippen LogP contribution in [0.4, 0.5) is 0 Å². The fourth-order valence-electron chi connectivity index (χ4n) is 3.29. The van der Waals surface area contributed by atoms with E-state index in [1.165, 1.54) is 0 Å². The molecule has 126 valence electrons. The second kappa shape index (κ2) is 6.95. The summed E-state index contributed by atoms with van der Waals surface area (Å²) in [5, 5.41) is 0. The van der Waals surface area contributed by atoms with Gasteiger partial charge in [-0.1, -0.05) is 17.7 Å². The van der Waals surface area contributed by atoms with Crippen molar-refractivity contribution in [1.82, 2.24) is 4.90 Å². The third kappa shape index (κ3) is 3.09. The van der Waals surface area contributed by atoms with Crippen molar-refractivity contribution in [3.8, 4) is 11.5 Å². The topological polar surface area (TPSA) is 38.8 Å². The standard InChI is InChI=1S/C20H23NO3/c1-14-6-8-15(9-7-14)20(22)21-12-4-5-18(21)17-11-10-16(23-2)13-19(17)24-3/h6-11,13,18H,4-5,12H2,1-3H3. The number of nitrogens with zero attached hydrogens (tertiary/aromatic N) is 1. The Morgan fingerprint density at radius 2 is 1.83 bits per heavy atom. The number of aryl methyl sites for hydroxylation is 1. The van der Waals surface area contributed by atoms with Gasteiger partial charge in [-0.3, -0.25) is 4.79 Å². The first-order valence-corrected chi connectivity index (χ1v) is 8.23. The summed E-state index contributed by atoms with van der Waals surface area (Å²) in [6, 6.07) is 13.6. The Balaban J connectivity index is 1.90. The number of amides is 1. The van der Waals surface area contributed by atoms with Gasteiger partial charge in [-0.05, 0) is 44.0 Å². The molecule has 1 unspecified atom stereocenters. The zero-order chi connectivity index (χ0) is 17.1. The number of rotatable bonds is 4. The average Bonchev–Trinajstić information content (AvgIpc) is 3.10. The van der Waals surface area contributed by atoms with Crippen LogP contribution in [0.15, 0.2) is 42.5 Å². The minimum Gasteiger partial charge on any atom is -0.497 e. The van der Waals surface area contributed by atoms with Crippen molar-refractivity contribution in [2.75, 3.05) is 20.8 Å². The second-order valence-corrected chi connectivity index (χ2v) is 6.13. The van der Waals surface area contributed by atoms with Gasteiger partial charge in [0.15, 0.2) is 0 Å². The summed E-state index contributed by atoms with van der Waals surface area (Å²) < 4.78 is 10.8. The minimum absolute atomic E-state index is 0.0414. The summed E-state index contributed by atoms with van der Waals surface area (Å²) in [6.45, 7) is 2.79. The van der Waals surface area contributed by atoms with Crippen LogP contribution in [-0.2, 0) is 0 Å². The molecule has 3 rings (SSSR count). The zero-order valence-corrected chi connectivity index (χ0v) is 14.4. The van der Waals surface area contributed by atoms with Crippen LogP contribution in [0.25, 0.3) is 0 Å². The van der Waals surface area contributed by atoms with Crippen molar-refractivity contribution in [2.45, 2.75) is 25.8 Å². The van der Waals surface area contributed by atoms with Crippen LogP contribution < -0.4 is 9.47 Å². The maximum absolute atomic E-state index is 12.9. The lowest BCUT2D eigenvalue weighted by Crippen LogP contribution is -2.30. The van der Waals surface area contributed by atoms with E-state index in [9.17, 15) is 4.79 Å². The van der Waals surface area contributed by atoms with Gasteiger partial charge < -0.3 is 14.4 Å². The normalized spacial score (nSPS) is 17.0. The number of hydrogen-bond acceptors (Lipinski definition) is 3. The van der Waals surface area contributed by atoms with Gasteiger partial charge in [0.05, 0.1) is 20.3 Å². The molecule has 1 saturated heterocycles. The lowest BCUT2D eigenvalue weighted by atomic mass is 10.0. The third-order valence-corrected chi connectivity index (χ3v) is 4.61. The maximum atomic E-state index is 12.9. The number of hydrogen-bond donors (Lipinski definition) is 0. The molecule has 2 aromatic rings. The molecule has 1 fully saturated rings. The van der Waals surface area contributed by atoms with Gasteiger partial charge >= 0.3 is 0 Å². The smallest absolute Gasteiger partial charge is 0.254 e. The van der Waals surface area contributed by atoms with Crippen molar-refractivity contribution < 1.29 is 14.3 Å². The van der Waals surface area contributed by atoms with Crippen molar-refractivity contribution >= 4 is 5.91 Å². The number of carbonyl (C=O) groups is 1. The quantitative estimate of drug-likeness (QED) is 0.853. The predicted octanol–water partition coefficient (Wildman–Crippen LogP) is 3.99. The number of likely N-dealkylation sites (tertiary alicyclic amines) is 1. The molecule has 1 atom stereocenters. The summed E-state index contributed by atoms with van der Waals surface area (Å²) >= 11 is 0. The number of ether oxygens (including phenoxy) is 2. The highest BCUT2D eigenvalue weighted by Crippen LogP contribution is 2.39. The van der Waals surface area contributed by atoms with Gasteiger partial charge in [0, 0.05) is 23.7 Å². The SMILES string of the molecule is COc1ccc(C2CCCN2C(=O)c2ccc(C)cc2)c(OC)c1. The molecule has 0 bridgehead atoms. The fraction of sp³-hybridized carbons (Fsp3) is 0.350. The highest BCUT2D eigenvalue weighted by Gasteiger charge is 2.32. The van der Waals surface area contributed by atoms with E-state index in [0.29, 0.717) is 0 Å². The lowest BCUT2D eigenvalue weighted by molar-refractivity contribution is 0.0734. The molecule has 1 amide bonds. The molecule has 0 radical (unpaired) electrons. The van der Waals surface area contributed by atoms with Gasteiger partial charge in [0.2, 0.25) is 0 Å². The second-order valence-electron chi connectivity index (χ2n) is 6.13. The highest BCUT2D eigenvalue weighted by atomic mass is 16.5. The van der Waals surface area contributed by atoms with Crippen LogP contribution in [-0.4, -0.2) is 31.6 Å². The van der Waals surface area contributed by atoms with E-state index < -0.39 is 0 Å². The Kier molecular flexibility index (Phi) is 4.74. The summed E-state index contributed by atoms with van der Waals surface area (Å²) in [5.41, 5.74) is 2.93. The Bertz CT molecular complexity index is 724. The van der Waals surface area contributed by atoms with Crippen LogP contribution >= 0.6 is 0 Å². The Morgan fingerprint density at radius 1 is 1.08 bits per heavy atom. The van der Waals surface area contributed by atoms with E-state index in [1.54, 1.807) is 14.2 Å². The van der Waals surface area contributed by atoms with Crippen LogP contribution in [0, 0.1) is 6.92 Å². The summed E-state index contributed by atoms with van der Waals surface area (Å²) in [5.74, 6) is 1.60. The largest absolute Gasteiger partial charge is 0.497 e. The van der Waals surface area contributed by atoms with Crippen LogP contribution in [0.5, 0.6) is 11.5 Å². The van der Waals surface area contributed by atoms with E-state index in [-0.39, 0.29) is 11.9 Å². The first-order chi connectivity index (χ1) is 11.6. The number of carbonyl (C=O) groups excluding carboxylic acids is 1. The van der Waals surface area contributed by atoms with Crippen LogP contribution in [0.3, 0.4) is 0 Å². The monoisotopic (exact) mass is 325 g/mol. The fourth-order valence-corrected chi connectivity index (χ4v) is 3.29. The lowest BCUT2D eigenvalue weighted by Gasteiger charge is -2.26. The molecule has 0 aliphatic carbocycles. The zero-order valence-electron chi connectivity index (χ0n) is 14.4. The Hall–Kier alpha value is -2.49. The number of benzene rings is 2. The highest BCUT2D eigenvalue weighted by molar-refractivity contribution is 5.94. The van der Waals surface area contributed by atoms with Crippen LogP contribution in [0.2, 0.25) is 0 Å². The molecule has 0 saturated carbocycles. The maximum Gasteiger partial charge on any atom is 0.254 e. The minimum atomic E-state index is 0.0414. The van der Waals surface area contributed by atoms with Crippen molar-refractivity contribution in [3.63, 3.8) is 0 Å². The molecule has 24 heavy (non-hydrogen) atoms. The molecule has 1 aliphatic rings. The molecule has 1 heterocycles.